The van der Waals surface area contributed by atoms with Crippen molar-refractivity contribution in [1.29, 1.82) is 0 Å². The van der Waals surface area contributed by atoms with Crippen molar-refractivity contribution in [3.05, 3.63) is 18.2 Å². The molecule has 1 saturated heterocycles. The van der Waals surface area contributed by atoms with Crippen LogP contribution in [0.4, 0.5) is 0 Å². The molecule has 7 heteroatoms. The van der Waals surface area contributed by atoms with Crippen LogP contribution in [0.5, 0.6) is 11.5 Å². The summed E-state index contributed by atoms with van der Waals surface area (Å²) in [5.74, 6) is 1.14. The Bertz CT molecular complexity index is 624. The van der Waals surface area contributed by atoms with E-state index in [-0.39, 0.29) is 4.90 Å². The van der Waals surface area contributed by atoms with Crippen molar-refractivity contribution < 1.29 is 17.9 Å². The van der Waals surface area contributed by atoms with Gasteiger partial charge in [0.1, 0.15) is 0 Å². The molecule has 0 atom stereocenters. The number of hydrogen-bond donors (Lipinski definition) is 0. The lowest BCUT2D eigenvalue weighted by atomic mass is 10.3. The molecule has 6 nitrogen and oxygen atoms in total. The lowest BCUT2D eigenvalue weighted by Gasteiger charge is -2.33. The summed E-state index contributed by atoms with van der Waals surface area (Å²) in [4.78, 5) is 2.53. The van der Waals surface area contributed by atoms with Crippen LogP contribution < -0.4 is 9.47 Å². The molecule has 2 aliphatic rings. The zero-order chi connectivity index (χ0) is 15.6. The van der Waals surface area contributed by atoms with Gasteiger partial charge in [-0.15, -0.1) is 0 Å². The summed E-state index contributed by atoms with van der Waals surface area (Å²) in [5.41, 5.74) is 0. The maximum absolute atomic E-state index is 12.8. The van der Waals surface area contributed by atoms with Crippen LogP contribution in [0, 0.1) is 0 Å². The number of nitrogens with zero attached hydrogens (tertiary/aromatic N) is 2. The third kappa shape index (κ3) is 3.06. The van der Waals surface area contributed by atoms with Gasteiger partial charge in [0.25, 0.3) is 0 Å². The highest BCUT2D eigenvalue weighted by Gasteiger charge is 2.29. The van der Waals surface area contributed by atoms with Gasteiger partial charge in [0, 0.05) is 38.7 Å². The second-order valence-corrected chi connectivity index (χ2v) is 7.44. The van der Waals surface area contributed by atoms with Crippen molar-refractivity contribution >= 4 is 10.0 Å². The molecule has 1 fully saturated rings. The number of ether oxygens (including phenoxy) is 2. The minimum Gasteiger partial charge on any atom is -0.490 e. The van der Waals surface area contributed by atoms with Crippen LogP contribution in [0.3, 0.4) is 0 Å². The third-order valence-electron chi connectivity index (χ3n) is 4.14. The van der Waals surface area contributed by atoms with Crippen LogP contribution in [-0.4, -0.2) is 63.6 Å². The van der Waals surface area contributed by atoms with Crippen LogP contribution in [-0.2, 0) is 10.0 Å². The second-order valence-electron chi connectivity index (χ2n) is 5.50. The monoisotopic (exact) mass is 326 g/mol. The van der Waals surface area contributed by atoms with E-state index in [2.05, 4.69) is 11.8 Å². The van der Waals surface area contributed by atoms with Crippen molar-refractivity contribution in [2.45, 2.75) is 18.2 Å². The average Bonchev–Trinajstić information content (AvgIpc) is 2.79. The Hall–Kier alpha value is -1.31. The number of piperazine rings is 1. The van der Waals surface area contributed by atoms with Gasteiger partial charge in [-0.2, -0.15) is 4.31 Å². The zero-order valence-electron chi connectivity index (χ0n) is 12.8. The number of rotatable bonds is 3. The lowest BCUT2D eigenvalue weighted by Crippen LogP contribution is -2.48. The first-order chi connectivity index (χ1) is 10.6. The first-order valence-electron chi connectivity index (χ1n) is 7.73. The molecule has 0 spiro atoms. The summed E-state index contributed by atoms with van der Waals surface area (Å²) in [6.45, 7) is 6.81. The molecule has 0 aromatic heterocycles. The van der Waals surface area contributed by atoms with Gasteiger partial charge in [0.05, 0.1) is 18.1 Å². The fourth-order valence-corrected chi connectivity index (χ4v) is 4.18. The molecule has 2 heterocycles. The number of hydrogen-bond acceptors (Lipinski definition) is 5. The normalized spacial score (nSPS) is 20.6. The molecule has 1 aromatic carbocycles. The van der Waals surface area contributed by atoms with E-state index in [1.807, 2.05) is 0 Å². The number of likely N-dealkylation sites (N-methyl/N-ethyl adjacent to an activating group) is 1. The van der Waals surface area contributed by atoms with Gasteiger partial charge in [-0.3, -0.25) is 0 Å². The summed E-state index contributed by atoms with van der Waals surface area (Å²) in [6.07, 6.45) is 0.801. The van der Waals surface area contributed by atoms with Gasteiger partial charge in [0.2, 0.25) is 10.0 Å². The van der Waals surface area contributed by atoms with Gasteiger partial charge in [-0.1, -0.05) is 6.92 Å². The second kappa shape index (κ2) is 6.44. The Labute approximate surface area is 131 Å². The lowest BCUT2D eigenvalue weighted by molar-refractivity contribution is 0.196. The Morgan fingerprint density at radius 3 is 2.41 bits per heavy atom. The Kier molecular flexibility index (Phi) is 4.56. The van der Waals surface area contributed by atoms with E-state index < -0.39 is 10.0 Å². The van der Waals surface area contributed by atoms with Crippen LogP contribution in [0.1, 0.15) is 13.3 Å². The van der Waals surface area contributed by atoms with Gasteiger partial charge < -0.3 is 14.4 Å². The van der Waals surface area contributed by atoms with Crippen LogP contribution in [0.15, 0.2) is 23.1 Å². The van der Waals surface area contributed by atoms with E-state index in [9.17, 15) is 8.42 Å². The van der Waals surface area contributed by atoms with E-state index in [0.717, 1.165) is 26.1 Å². The molecule has 0 amide bonds. The molecule has 0 aliphatic carbocycles. The highest BCUT2D eigenvalue weighted by Crippen LogP contribution is 2.33. The Morgan fingerprint density at radius 2 is 1.73 bits per heavy atom. The highest BCUT2D eigenvalue weighted by atomic mass is 32.2. The number of benzene rings is 1. The van der Waals surface area contributed by atoms with Crippen molar-refractivity contribution in [3.8, 4) is 11.5 Å². The molecule has 22 heavy (non-hydrogen) atoms. The van der Waals surface area contributed by atoms with Gasteiger partial charge in [0.15, 0.2) is 11.5 Å². The largest absolute Gasteiger partial charge is 0.490 e. The molecular formula is C15H22N2O4S. The number of fused-ring (bicyclic) bond motifs is 1. The first kappa shape index (κ1) is 15.6. The molecule has 3 rings (SSSR count). The maximum Gasteiger partial charge on any atom is 0.243 e. The van der Waals surface area contributed by atoms with E-state index in [1.165, 1.54) is 0 Å². The zero-order valence-corrected chi connectivity index (χ0v) is 13.6. The summed E-state index contributed by atoms with van der Waals surface area (Å²) >= 11 is 0. The summed E-state index contributed by atoms with van der Waals surface area (Å²) in [7, 11) is -3.47. The maximum atomic E-state index is 12.8. The molecule has 0 unspecified atom stereocenters. The third-order valence-corrected chi connectivity index (χ3v) is 6.03. The number of sulfonamides is 1. The molecule has 0 bridgehead atoms. The Morgan fingerprint density at radius 1 is 1.05 bits per heavy atom. The summed E-state index contributed by atoms with van der Waals surface area (Å²) < 4.78 is 38.2. The summed E-state index contributed by atoms with van der Waals surface area (Å²) in [6, 6.07) is 4.88. The van der Waals surface area contributed by atoms with Crippen molar-refractivity contribution in [2.75, 3.05) is 45.9 Å². The van der Waals surface area contributed by atoms with Crippen LogP contribution >= 0.6 is 0 Å². The minimum absolute atomic E-state index is 0.279. The SMILES string of the molecule is CCN1CCN(S(=O)(=O)c2ccc3c(c2)OCCCO3)CC1. The van der Waals surface area contributed by atoms with E-state index in [4.69, 9.17) is 9.47 Å². The van der Waals surface area contributed by atoms with Crippen LogP contribution in [0.25, 0.3) is 0 Å². The van der Waals surface area contributed by atoms with Crippen molar-refractivity contribution in [3.63, 3.8) is 0 Å². The van der Waals surface area contributed by atoms with E-state index in [0.29, 0.717) is 37.8 Å². The Balaban J connectivity index is 1.82. The van der Waals surface area contributed by atoms with Gasteiger partial charge in [-0.25, -0.2) is 8.42 Å². The minimum atomic E-state index is -3.47. The molecule has 0 radical (unpaired) electrons. The van der Waals surface area contributed by atoms with Crippen molar-refractivity contribution in [1.82, 2.24) is 9.21 Å². The molecule has 0 N–H and O–H groups in total. The molecule has 1 aromatic rings. The first-order valence-corrected chi connectivity index (χ1v) is 9.17. The molecule has 0 saturated carbocycles. The van der Waals surface area contributed by atoms with Crippen LogP contribution in [0.2, 0.25) is 0 Å². The smallest absolute Gasteiger partial charge is 0.243 e. The molecule has 122 valence electrons. The predicted molar refractivity (Wildman–Crippen MR) is 82.9 cm³/mol. The van der Waals surface area contributed by atoms with E-state index >= 15 is 0 Å². The van der Waals surface area contributed by atoms with Gasteiger partial charge >= 0.3 is 0 Å². The average molecular weight is 326 g/mol. The quantitative estimate of drug-likeness (QED) is 0.835. The van der Waals surface area contributed by atoms with Crippen molar-refractivity contribution in [2.24, 2.45) is 0 Å². The molecular weight excluding hydrogens is 304 g/mol. The highest BCUT2D eigenvalue weighted by molar-refractivity contribution is 7.89. The van der Waals surface area contributed by atoms with Gasteiger partial charge in [-0.05, 0) is 18.7 Å². The summed E-state index contributed by atoms with van der Waals surface area (Å²) in [5, 5.41) is 0. The van der Waals surface area contributed by atoms with E-state index in [1.54, 1.807) is 22.5 Å². The molecule has 2 aliphatic heterocycles. The standard InChI is InChI=1S/C15H22N2O4S/c1-2-16-6-8-17(9-7-16)22(18,19)13-4-5-14-15(12-13)21-11-3-10-20-14/h4-5,12H,2-3,6-11H2,1H3. The fraction of sp³-hybridized carbons (Fsp3) is 0.600. The predicted octanol–water partition coefficient (Wildman–Crippen LogP) is 1.17. The topological polar surface area (TPSA) is 59.1 Å². The fourth-order valence-electron chi connectivity index (χ4n) is 2.74.